The average Bonchev–Trinajstić information content (AvgIpc) is 3.02. The topological polar surface area (TPSA) is 0 Å². The van der Waals surface area contributed by atoms with E-state index in [0.29, 0.717) is 0 Å². The molecule has 0 aromatic heterocycles. The fourth-order valence-electron chi connectivity index (χ4n) is 2.95. The zero-order valence-electron chi connectivity index (χ0n) is 10.5. The molecule has 0 bridgehead atoms. The van der Waals surface area contributed by atoms with E-state index >= 15 is 0 Å². The number of allylic oxidation sites excluding steroid dienone is 2. The second kappa shape index (κ2) is 3.92. The van der Waals surface area contributed by atoms with Crippen LogP contribution in [0.2, 0.25) is 0 Å². The Kier molecular flexibility index (Phi) is 2.22. The smallest absolute Gasteiger partial charge is 0.123 e. The molecule has 0 spiro atoms. The molecule has 0 aliphatic heterocycles. The summed E-state index contributed by atoms with van der Waals surface area (Å²) in [6.45, 7) is 0. The van der Waals surface area contributed by atoms with Gasteiger partial charge in [0, 0.05) is 0 Å². The molecular formula is C18H13F. The van der Waals surface area contributed by atoms with Crippen LogP contribution >= 0.6 is 0 Å². The first-order valence-corrected chi connectivity index (χ1v) is 6.58. The lowest BCUT2D eigenvalue weighted by Crippen LogP contribution is -1.89. The molecule has 0 saturated heterocycles. The highest BCUT2D eigenvalue weighted by Crippen LogP contribution is 2.33. The van der Waals surface area contributed by atoms with Crippen LogP contribution in [0.15, 0.2) is 42.5 Å². The van der Waals surface area contributed by atoms with Crippen molar-refractivity contribution in [1.29, 1.82) is 0 Å². The van der Waals surface area contributed by atoms with Crippen LogP contribution in [-0.2, 0) is 12.8 Å². The lowest BCUT2D eigenvalue weighted by atomic mass is 9.99. The zero-order valence-corrected chi connectivity index (χ0v) is 10.5. The third kappa shape index (κ3) is 1.74. The number of halogens is 1. The third-order valence-electron chi connectivity index (χ3n) is 3.97. The van der Waals surface area contributed by atoms with Crippen molar-refractivity contribution in [3.05, 3.63) is 76.1 Å². The summed E-state index contributed by atoms with van der Waals surface area (Å²) in [6, 6.07) is 11.7. The van der Waals surface area contributed by atoms with E-state index in [2.05, 4.69) is 36.4 Å². The molecule has 0 saturated carbocycles. The van der Waals surface area contributed by atoms with Crippen molar-refractivity contribution >= 4 is 17.7 Å². The highest BCUT2D eigenvalue weighted by molar-refractivity contribution is 5.89. The summed E-state index contributed by atoms with van der Waals surface area (Å²) in [5.41, 5.74) is 7.50. The molecule has 1 heteroatoms. The van der Waals surface area contributed by atoms with E-state index in [0.717, 1.165) is 18.4 Å². The monoisotopic (exact) mass is 248 g/mol. The van der Waals surface area contributed by atoms with Crippen LogP contribution < -0.4 is 0 Å². The molecule has 19 heavy (non-hydrogen) atoms. The number of hydrogen-bond donors (Lipinski definition) is 0. The molecular weight excluding hydrogens is 235 g/mol. The van der Waals surface area contributed by atoms with Crippen LogP contribution in [-0.4, -0.2) is 0 Å². The third-order valence-corrected chi connectivity index (χ3v) is 3.97. The standard InChI is InChI=1S/C18H13F/c19-18-7-6-15-9-16(10-17(15)11-18)14-5-4-12-2-1-3-13(12)8-14/h1-2,4-8,10-11H,3,9H2. The second-order valence-electron chi connectivity index (χ2n) is 5.21. The van der Waals surface area contributed by atoms with Crippen LogP contribution in [0.5, 0.6) is 0 Å². The van der Waals surface area contributed by atoms with Gasteiger partial charge in [0.25, 0.3) is 0 Å². The molecule has 0 atom stereocenters. The van der Waals surface area contributed by atoms with Crippen LogP contribution in [0.3, 0.4) is 0 Å². The van der Waals surface area contributed by atoms with Gasteiger partial charge in [-0.3, -0.25) is 0 Å². The number of benzene rings is 2. The first-order chi connectivity index (χ1) is 9.29. The minimum atomic E-state index is -0.158. The highest BCUT2D eigenvalue weighted by Gasteiger charge is 2.16. The Morgan fingerprint density at radius 2 is 1.84 bits per heavy atom. The van der Waals surface area contributed by atoms with E-state index in [1.165, 1.54) is 27.8 Å². The molecule has 0 heterocycles. The molecule has 0 amide bonds. The SMILES string of the molecule is Fc1ccc2c(c1)C=C(c1ccc3c(c1)CC=C3)C2. The van der Waals surface area contributed by atoms with Crippen LogP contribution in [0.4, 0.5) is 4.39 Å². The molecule has 0 N–H and O–H groups in total. The summed E-state index contributed by atoms with van der Waals surface area (Å²) in [7, 11) is 0. The van der Waals surface area contributed by atoms with Gasteiger partial charge in [0.05, 0.1) is 0 Å². The molecule has 2 aliphatic carbocycles. The van der Waals surface area contributed by atoms with E-state index in [4.69, 9.17) is 0 Å². The maximum atomic E-state index is 13.2. The molecule has 2 aromatic carbocycles. The first-order valence-electron chi connectivity index (χ1n) is 6.58. The van der Waals surface area contributed by atoms with Crippen LogP contribution in [0.1, 0.15) is 27.8 Å². The van der Waals surface area contributed by atoms with Crippen molar-refractivity contribution in [2.45, 2.75) is 12.8 Å². The van der Waals surface area contributed by atoms with Crippen molar-refractivity contribution in [2.24, 2.45) is 0 Å². The minimum Gasteiger partial charge on any atom is -0.207 e. The van der Waals surface area contributed by atoms with E-state index in [1.54, 1.807) is 12.1 Å². The Morgan fingerprint density at radius 1 is 0.895 bits per heavy atom. The fourth-order valence-corrected chi connectivity index (χ4v) is 2.95. The van der Waals surface area contributed by atoms with Gasteiger partial charge in [0.1, 0.15) is 5.82 Å². The van der Waals surface area contributed by atoms with Gasteiger partial charge in [-0.15, -0.1) is 0 Å². The van der Waals surface area contributed by atoms with Crippen molar-refractivity contribution < 1.29 is 4.39 Å². The van der Waals surface area contributed by atoms with Gasteiger partial charge in [-0.2, -0.15) is 0 Å². The average molecular weight is 248 g/mol. The van der Waals surface area contributed by atoms with Crippen LogP contribution in [0.25, 0.3) is 17.7 Å². The minimum absolute atomic E-state index is 0.158. The lowest BCUT2D eigenvalue weighted by molar-refractivity contribution is 0.627. The van der Waals surface area contributed by atoms with Gasteiger partial charge in [-0.05, 0) is 58.4 Å². The Labute approximate surface area is 111 Å². The Morgan fingerprint density at radius 3 is 2.79 bits per heavy atom. The largest absolute Gasteiger partial charge is 0.207 e. The van der Waals surface area contributed by atoms with E-state index in [-0.39, 0.29) is 5.82 Å². The second-order valence-corrected chi connectivity index (χ2v) is 5.21. The summed E-state index contributed by atoms with van der Waals surface area (Å²) in [5.74, 6) is -0.158. The maximum Gasteiger partial charge on any atom is 0.123 e. The Balaban J connectivity index is 1.74. The van der Waals surface area contributed by atoms with Gasteiger partial charge in [-0.25, -0.2) is 4.39 Å². The first kappa shape index (κ1) is 10.7. The summed E-state index contributed by atoms with van der Waals surface area (Å²) in [6.07, 6.45) is 8.41. The van der Waals surface area contributed by atoms with E-state index < -0.39 is 0 Å². The summed E-state index contributed by atoms with van der Waals surface area (Å²) < 4.78 is 13.2. The number of rotatable bonds is 1. The fraction of sp³-hybridized carbons (Fsp3) is 0.111. The molecule has 0 nitrogen and oxygen atoms in total. The normalized spacial score (nSPS) is 15.3. The molecule has 4 rings (SSSR count). The van der Waals surface area contributed by atoms with Crippen molar-refractivity contribution in [3.8, 4) is 0 Å². The summed E-state index contributed by atoms with van der Waals surface area (Å²) >= 11 is 0. The molecule has 2 aliphatic rings. The number of fused-ring (bicyclic) bond motifs is 2. The predicted molar refractivity (Wildman–Crippen MR) is 77.2 cm³/mol. The van der Waals surface area contributed by atoms with E-state index in [1.807, 2.05) is 6.07 Å². The zero-order chi connectivity index (χ0) is 12.8. The van der Waals surface area contributed by atoms with Crippen LogP contribution in [0, 0.1) is 5.82 Å². The van der Waals surface area contributed by atoms with Crippen molar-refractivity contribution in [2.75, 3.05) is 0 Å². The van der Waals surface area contributed by atoms with Gasteiger partial charge >= 0.3 is 0 Å². The summed E-state index contributed by atoms with van der Waals surface area (Å²) in [4.78, 5) is 0. The van der Waals surface area contributed by atoms with Crippen molar-refractivity contribution in [1.82, 2.24) is 0 Å². The Hall–Kier alpha value is -2.15. The quantitative estimate of drug-likeness (QED) is 0.697. The van der Waals surface area contributed by atoms with Gasteiger partial charge in [0.15, 0.2) is 0 Å². The highest BCUT2D eigenvalue weighted by atomic mass is 19.1. The molecule has 2 aromatic rings. The van der Waals surface area contributed by atoms with Gasteiger partial charge < -0.3 is 0 Å². The predicted octanol–water partition coefficient (Wildman–Crippen LogP) is 4.49. The van der Waals surface area contributed by atoms with Crippen molar-refractivity contribution in [3.63, 3.8) is 0 Å². The van der Waals surface area contributed by atoms with E-state index in [9.17, 15) is 4.39 Å². The molecule has 0 fully saturated rings. The molecule has 0 unspecified atom stereocenters. The maximum absolute atomic E-state index is 13.2. The lowest BCUT2D eigenvalue weighted by Gasteiger charge is -2.06. The van der Waals surface area contributed by atoms with Gasteiger partial charge in [0.2, 0.25) is 0 Å². The van der Waals surface area contributed by atoms with Gasteiger partial charge in [-0.1, -0.05) is 42.5 Å². The summed E-state index contributed by atoms with van der Waals surface area (Å²) in [5, 5.41) is 0. The molecule has 0 radical (unpaired) electrons. The number of hydrogen-bond acceptors (Lipinski definition) is 0. The molecule has 92 valence electrons. The Bertz CT molecular complexity index is 735.